The molecule has 0 aliphatic carbocycles. The van der Waals surface area contributed by atoms with E-state index in [9.17, 15) is 9.82 Å². The Morgan fingerprint density at radius 3 is 2.18 bits per heavy atom. The number of rotatable bonds is 3. The van der Waals surface area contributed by atoms with Crippen molar-refractivity contribution in [1.82, 2.24) is 4.90 Å². The molecule has 1 aliphatic rings. The van der Waals surface area contributed by atoms with Crippen LogP contribution >= 0.6 is 0 Å². The summed E-state index contributed by atoms with van der Waals surface area (Å²) in [7, 11) is -1.01. The van der Waals surface area contributed by atoms with Gasteiger partial charge in [-0.3, -0.25) is 0 Å². The van der Waals surface area contributed by atoms with E-state index in [0.717, 1.165) is 0 Å². The summed E-state index contributed by atoms with van der Waals surface area (Å²) in [6.45, 7) is 16.4. The van der Waals surface area contributed by atoms with Crippen molar-refractivity contribution in [3.8, 4) is 0 Å². The van der Waals surface area contributed by atoms with Gasteiger partial charge >= 0.3 is 13.2 Å². The lowest BCUT2D eigenvalue weighted by Gasteiger charge is -2.40. The molecule has 0 unspecified atom stereocenters. The van der Waals surface area contributed by atoms with Gasteiger partial charge in [0.05, 0.1) is 5.60 Å². The lowest BCUT2D eigenvalue weighted by molar-refractivity contribution is -0.0143. The second kappa shape index (κ2) is 6.24. The van der Waals surface area contributed by atoms with Crippen LogP contribution in [0.5, 0.6) is 0 Å². The van der Waals surface area contributed by atoms with Gasteiger partial charge in [0.1, 0.15) is 5.60 Å². The Hall–Kier alpha value is -1.01. The average Bonchev–Trinajstić information content (AvgIpc) is 2.73. The number of hydrogen-bond acceptors (Lipinski definition) is 4. The molecule has 0 saturated heterocycles. The summed E-state index contributed by atoms with van der Waals surface area (Å²) in [5.74, 6) is 0. The molecule has 0 atom stereocenters. The minimum Gasteiger partial charge on any atom is -0.444 e. The molecule has 0 radical (unpaired) electrons. The van der Waals surface area contributed by atoms with Crippen LogP contribution in [0.15, 0.2) is 11.5 Å². The average molecular weight is 311 g/mol. The fourth-order valence-corrected chi connectivity index (χ4v) is 1.75. The Morgan fingerprint density at radius 2 is 1.73 bits per heavy atom. The van der Waals surface area contributed by atoms with Crippen LogP contribution in [-0.4, -0.2) is 47.4 Å². The van der Waals surface area contributed by atoms with Crippen molar-refractivity contribution >= 4 is 13.2 Å². The SMILES string of the molecule is CC(C)(C)OC(=O)N1CC=C(B(O)OC(C)(C)C(C)(C)C)C1. The Labute approximate surface area is 134 Å². The van der Waals surface area contributed by atoms with E-state index in [1.165, 1.54) is 0 Å². The molecule has 0 spiro atoms. The van der Waals surface area contributed by atoms with Gasteiger partial charge in [-0.2, -0.15) is 0 Å². The Balaban J connectivity index is 2.61. The first-order chi connectivity index (χ1) is 9.73. The molecule has 1 heterocycles. The van der Waals surface area contributed by atoms with E-state index in [4.69, 9.17) is 9.39 Å². The highest BCUT2D eigenvalue weighted by atomic mass is 16.6. The molecule has 0 aromatic rings. The van der Waals surface area contributed by atoms with Gasteiger partial charge in [-0.15, -0.1) is 0 Å². The summed E-state index contributed by atoms with van der Waals surface area (Å²) in [5.41, 5.74) is -0.434. The van der Waals surface area contributed by atoms with E-state index in [2.05, 4.69) is 20.8 Å². The fourth-order valence-electron chi connectivity index (χ4n) is 1.75. The predicted molar refractivity (Wildman–Crippen MR) is 88.5 cm³/mol. The molecule has 22 heavy (non-hydrogen) atoms. The van der Waals surface area contributed by atoms with Crippen LogP contribution in [0.2, 0.25) is 0 Å². The quantitative estimate of drug-likeness (QED) is 0.814. The molecular weight excluding hydrogens is 281 g/mol. The second-order valence-corrected chi connectivity index (χ2v) is 8.37. The minimum absolute atomic E-state index is 0.113. The van der Waals surface area contributed by atoms with Crippen molar-refractivity contribution in [2.45, 2.75) is 66.6 Å². The zero-order valence-corrected chi connectivity index (χ0v) is 15.2. The zero-order chi connectivity index (χ0) is 17.3. The van der Waals surface area contributed by atoms with Gasteiger partial charge in [-0.05, 0) is 45.5 Å². The van der Waals surface area contributed by atoms with Crippen molar-refractivity contribution in [2.24, 2.45) is 5.41 Å². The minimum atomic E-state index is -1.01. The molecule has 1 rings (SSSR count). The van der Waals surface area contributed by atoms with Crippen LogP contribution in [0, 0.1) is 5.41 Å². The van der Waals surface area contributed by atoms with E-state index in [-0.39, 0.29) is 11.5 Å². The van der Waals surface area contributed by atoms with E-state index >= 15 is 0 Å². The first kappa shape index (κ1) is 19.0. The van der Waals surface area contributed by atoms with Crippen LogP contribution in [0.3, 0.4) is 0 Å². The second-order valence-electron chi connectivity index (χ2n) is 8.37. The summed E-state index contributed by atoms with van der Waals surface area (Å²) in [6.07, 6.45) is 1.45. The molecule has 0 bridgehead atoms. The van der Waals surface area contributed by atoms with Crippen molar-refractivity contribution < 1.29 is 19.2 Å². The topological polar surface area (TPSA) is 59.0 Å². The lowest BCUT2D eigenvalue weighted by Crippen LogP contribution is -2.45. The Kier molecular flexibility index (Phi) is 5.40. The molecule has 0 saturated carbocycles. The normalized spacial score (nSPS) is 16.6. The standard InChI is InChI=1S/C16H30BNO4/c1-14(2,3)16(7,8)22-17(20)12-9-10-18(11-12)13(19)21-15(4,5)6/h9,20H,10-11H2,1-8H3. The molecule has 0 aromatic carbocycles. The van der Waals surface area contributed by atoms with E-state index in [1.807, 2.05) is 40.7 Å². The van der Waals surface area contributed by atoms with Gasteiger partial charge in [-0.1, -0.05) is 26.8 Å². The van der Waals surface area contributed by atoms with Crippen molar-refractivity contribution in [2.75, 3.05) is 13.1 Å². The van der Waals surface area contributed by atoms with Crippen LogP contribution in [0.4, 0.5) is 4.79 Å². The predicted octanol–water partition coefficient (Wildman–Crippen LogP) is 3.02. The molecular formula is C16H30BNO4. The fraction of sp³-hybridized carbons (Fsp3) is 0.812. The molecule has 126 valence electrons. The van der Waals surface area contributed by atoms with Crippen molar-refractivity contribution in [1.29, 1.82) is 0 Å². The summed E-state index contributed by atoms with van der Waals surface area (Å²) in [5, 5.41) is 10.3. The van der Waals surface area contributed by atoms with Gasteiger partial charge < -0.3 is 19.3 Å². The molecule has 0 fully saturated rings. The van der Waals surface area contributed by atoms with Gasteiger partial charge in [0, 0.05) is 13.1 Å². The summed E-state index contributed by atoms with van der Waals surface area (Å²) in [4.78, 5) is 13.6. The van der Waals surface area contributed by atoms with Gasteiger partial charge in [-0.25, -0.2) is 4.79 Å². The number of amides is 1. The lowest BCUT2D eigenvalue weighted by atomic mass is 9.73. The van der Waals surface area contributed by atoms with Crippen LogP contribution in [-0.2, 0) is 9.39 Å². The van der Waals surface area contributed by atoms with E-state index in [1.54, 1.807) is 4.90 Å². The van der Waals surface area contributed by atoms with E-state index in [0.29, 0.717) is 18.6 Å². The van der Waals surface area contributed by atoms with Gasteiger partial charge in [0.2, 0.25) is 0 Å². The van der Waals surface area contributed by atoms with E-state index < -0.39 is 18.3 Å². The third kappa shape index (κ3) is 5.02. The highest BCUT2D eigenvalue weighted by Gasteiger charge is 2.39. The number of carbonyl (C=O) groups is 1. The monoisotopic (exact) mass is 311 g/mol. The maximum Gasteiger partial charge on any atom is 0.488 e. The molecule has 1 N–H and O–H groups in total. The number of carbonyl (C=O) groups excluding carboxylic acids is 1. The molecule has 6 heteroatoms. The molecule has 0 aromatic heterocycles. The number of nitrogens with zero attached hydrogens (tertiary/aromatic N) is 1. The first-order valence-electron chi connectivity index (χ1n) is 7.76. The first-order valence-corrected chi connectivity index (χ1v) is 7.76. The largest absolute Gasteiger partial charge is 0.488 e. The highest BCUT2D eigenvalue weighted by molar-refractivity contribution is 6.52. The van der Waals surface area contributed by atoms with Crippen LogP contribution in [0.25, 0.3) is 0 Å². The summed E-state index contributed by atoms with van der Waals surface area (Å²) >= 11 is 0. The molecule has 1 amide bonds. The highest BCUT2D eigenvalue weighted by Crippen LogP contribution is 2.34. The number of ether oxygens (including phenoxy) is 1. The Bertz CT molecular complexity index is 446. The van der Waals surface area contributed by atoms with Gasteiger partial charge in [0.25, 0.3) is 0 Å². The maximum absolute atomic E-state index is 12.0. The summed E-state index contributed by atoms with van der Waals surface area (Å²) < 4.78 is 11.2. The third-order valence-electron chi connectivity index (χ3n) is 4.13. The molecule has 1 aliphatic heterocycles. The van der Waals surface area contributed by atoms with Crippen molar-refractivity contribution in [3.63, 3.8) is 0 Å². The van der Waals surface area contributed by atoms with Crippen molar-refractivity contribution in [3.05, 3.63) is 11.5 Å². The van der Waals surface area contributed by atoms with Crippen LogP contribution < -0.4 is 0 Å². The summed E-state index contributed by atoms with van der Waals surface area (Å²) in [6, 6.07) is 0. The Morgan fingerprint density at radius 1 is 1.18 bits per heavy atom. The third-order valence-corrected chi connectivity index (χ3v) is 4.13. The maximum atomic E-state index is 12.0. The zero-order valence-electron chi connectivity index (χ0n) is 15.2. The van der Waals surface area contributed by atoms with Gasteiger partial charge in [0.15, 0.2) is 0 Å². The number of hydrogen-bond donors (Lipinski definition) is 1. The molecule has 5 nitrogen and oxygen atoms in total. The van der Waals surface area contributed by atoms with Crippen LogP contribution in [0.1, 0.15) is 55.4 Å². The smallest absolute Gasteiger partial charge is 0.444 e.